The minimum atomic E-state index is -4.54. The zero-order valence-electron chi connectivity index (χ0n) is 20.0. The molecule has 2 aliphatic rings. The molecule has 1 N–H and O–H groups in total. The molecule has 2 aromatic heterocycles. The van der Waals surface area contributed by atoms with Gasteiger partial charge in [-0.25, -0.2) is 14.5 Å². The van der Waals surface area contributed by atoms with E-state index in [1.807, 2.05) is 0 Å². The number of aromatic nitrogens is 4. The third-order valence-electron chi connectivity index (χ3n) is 6.36. The van der Waals surface area contributed by atoms with Gasteiger partial charge in [0, 0.05) is 20.0 Å². The van der Waals surface area contributed by atoms with Gasteiger partial charge in [-0.1, -0.05) is 5.21 Å². The number of carboxylic acids is 1. The quantitative estimate of drug-likeness (QED) is 0.567. The van der Waals surface area contributed by atoms with Crippen molar-refractivity contribution >= 4 is 12.1 Å². The van der Waals surface area contributed by atoms with Crippen molar-refractivity contribution in [2.45, 2.75) is 63.3 Å². The summed E-state index contributed by atoms with van der Waals surface area (Å²) >= 11 is 0. The summed E-state index contributed by atoms with van der Waals surface area (Å²) in [6, 6.07) is 3.48. The van der Waals surface area contributed by atoms with Crippen molar-refractivity contribution in [3.8, 4) is 17.1 Å². The number of rotatable bonds is 8. The van der Waals surface area contributed by atoms with E-state index in [4.69, 9.17) is 14.5 Å². The molecule has 2 fully saturated rings. The first-order valence-corrected chi connectivity index (χ1v) is 11.8. The molecule has 0 bridgehead atoms. The van der Waals surface area contributed by atoms with Gasteiger partial charge in [0.25, 0.3) is 0 Å². The maximum Gasteiger partial charge on any atom is 0.410 e. The Morgan fingerprint density at radius 3 is 2.64 bits per heavy atom. The third-order valence-corrected chi connectivity index (χ3v) is 6.36. The summed E-state index contributed by atoms with van der Waals surface area (Å²) in [4.78, 5) is 28.6. The number of carbonyl (C=O) groups is 2. The first kappa shape index (κ1) is 25.7. The van der Waals surface area contributed by atoms with Crippen molar-refractivity contribution in [2.75, 3.05) is 13.6 Å². The Balaban J connectivity index is 1.50. The zero-order chi connectivity index (χ0) is 26.0. The van der Waals surface area contributed by atoms with E-state index in [0.717, 1.165) is 38.4 Å². The summed E-state index contributed by atoms with van der Waals surface area (Å²) in [6.45, 7) is -1.76. The molecule has 0 unspecified atom stereocenters. The van der Waals surface area contributed by atoms with E-state index in [0.29, 0.717) is 40.6 Å². The highest BCUT2D eigenvalue weighted by Crippen LogP contribution is 2.44. The summed E-state index contributed by atoms with van der Waals surface area (Å²) in [7, 11) is 2.59. The van der Waals surface area contributed by atoms with Crippen LogP contribution >= 0.6 is 0 Å². The van der Waals surface area contributed by atoms with E-state index in [2.05, 4.69) is 10.3 Å². The van der Waals surface area contributed by atoms with Crippen LogP contribution < -0.4 is 4.74 Å². The molecular formula is C23H28F3N5O5. The van der Waals surface area contributed by atoms with Gasteiger partial charge in [0.1, 0.15) is 30.3 Å². The average Bonchev–Trinajstić information content (AvgIpc) is 3.59. The normalized spacial score (nSPS) is 20.1. The van der Waals surface area contributed by atoms with Crippen molar-refractivity contribution in [2.24, 2.45) is 13.0 Å². The van der Waals surface area contributed by atoms with E-state index in [-0.39, 0.29) is 18.6 Å². The van der Waals surface area contributed by atoms with Crippen molar-refractivity contribution < 1.29 is 37.3 Å². The van der Waals surface area contributed by atoms with Gasteiger partial charge in [0.15, 0.2) is 0 Å². The Kier molecular flexibility index (Phi) is 7.36. The number of nitrogens with zero attached hydrogens (tertiary/aromatic N) is 5. The Morgan fingerprint density at radius 1 is 1.22 bits per heavy atom. The lowest BCUT2D eigenvalue weighted by Gasteiger charge is -2.28. The number of hydrogen-bond acceptors (Lipinski definition) is 7. The maximum atomic E-state index is 12.6. The molecule has 0 radical (unpaired) electrons. The first-order chi connectivity index (χ1) is 17.0. The van der Waals surface area contributed by atoms with Gasteiger partial charge in [0.2, 0.25) is 0 Å². The molecule has 4 rings (SSSR count). The number of halogens is 3. The molecular weight excluding hydrogens is 483 g/mol. The fraction of sp³-hybridized carbons (Fsp3) is 0.609. The fourth-order valence-corrected chi connectivity index (χ4v) is 4.31. The topological polar surface area (TPSA) is 120 Å². The van der Waals surface area contributed by atoms with Gasteiger partial charge in [-0.15, -0.1) is 5.10 Å². The molecule has 2 aliphatic carbocycles. The second kappa shape index (κ2) is 10.3. The predicted octanol–water partition coefficient (Wildman–Crippen LogP) is 3.91. The van der Waals surface area contributed by atoms with Gasteiger partial charge in [-0.05, 0) is 50.7 Å². The van der Waals surface area contributed by atoms with Crippen molar-refractivity contribution in [3.63, 3.8) is 0 Å². The number of amides is 1. The standard InChI is InChI=1S/C23H28F3N5O5/c1-30(12-23(24,25)26)22(34)35-11-17-20(28-29-31(17)2)16-8-9-18(19(27-16)13-6-7-13)36-15-5-3-4-14(10-15)21(32)33/h8-9,13-15H,3-7,10-12H2,1-2H3,(H,32,33)/t14-,15-/m0/s1. The van der Waals surface area contributed by atoms with Crippen LogP contribution in [0, 0.1) is 5.92 Å². The lowest BCUT2D eigenvalue weighted by atomic mass is 9.87. The van der Waals surface area contributed by atoms with Gasteiger partial charge in [-0.3, -0.25) is 4.79 Å². The van der Waals surface area contributed by atoms with Gasteiger partial charge in [-0.2, -0.15) is 13.2 Å². The van der Waals surface area contributed by atoms with Crippen LogP contribution in [0.1, 0.15) is 55.8 Å². The average molecular weight is 512 g/mol. The fourth-order valence-electron chi connectivity index (χ4n) is 4.31. The zero-order valence-corrected chi connectivity index (χ0v) is 20.0. The number of carboxylic acid groups (broad SMARTS) is 1. The Labute approximate surface area is 205 Å². The van der Waals surface area contributed by atoms with E-state index < -0.39 is 30.7 Å². The highest BCUT2D eigenvalue weighted by Gasteiger charge is 2.34. The highest BCUT2D eigenvalue weighted by atomic mass is 19.4. The van der Waals surface area contributed by atoms with Crippen molar-refractivity contribution in [3.05, 3.63) is 23.5 Å². The molecule has 0 saturated heterocycles. The molecule has 2 atom stereocenters. The molecule has 36 heavy (non-hydrogen) atoms. The van der Waals surface area contributed by atoms with Crippen LogP contribution in [0.5, 0.6) is 5.75 Å². The molecule has 0 aliphatic heterocycles. The number of aliphatic carboxylic acids is 1. The van der Waals surface area contributed by atoms with Gasteiger partial charge in [0.05, 0.1) is 23.4 Å². The largest absolute Gasteiger partial charge is 0.488 e. The molecule has 13 heteroatoms. The van der Waals surface area contributed by atoms with Crippen LogP contribution in [-0.4, -0.2) is 67.9 Å². The van der Waals surface area contributed by atoms with Crippen LogP contribution in [0.25, 0.3) is 11.4 Å². The van der Waals surface area contributed by atoms with Crippen LogP contribution in [-0.2, 0) is 23.2 Å². The molecule has 1 amide bonds. The second-order valence-electron chi connectivity index (χ2n) is 9.33. The molecule has 2 aromatic rings. The van der Waals surface area contributed by atoms with Crippen molar-refractivity contribution in [1.29, 1.82) is 0 Å². The molecule has 0 spiro atoms. The van der Waals surface area contributed by atoms with Crippen LogP contribution in [0.4, 0.5) is 18.0 Å². The smallest absolute Gasteiger partial charge is 0.410 e. The van der Waals surface area contributed by atoms with E-state index >= 15 is 0 Å². The van der Waals surface area contributed by atoms with Crippen LogP contribution in [0.3, 0.4) is 0 Å². The van der Waals surface area contributed by atoms with Crippen LogP contribution in [0.15, 0.2) is 12.1 Å². The minimum Gasteiger partial charge on any atom is -0.488 e. The first-order valence-electron chi connectivity index (χ1n) is 11.8. The summed E-state index contributed by atoms with van der Waals surface area (Å²) < 4.78 is 50.3. The number of alkyl halides is 3. The summed E-state index contributed by atoms with van der Waals surface area (Å²) in [6.07, 6.45) is -1.31. The van der Waals surface area contributed by atoms with E-state index in [1.54, 1.807) is 19.2 Å². The highest BCUT2D eigenvalue weighted by molar-refractivity contribution is 5.70. The number of hydrogen-bond donors (Lipinski definition) is 1. The summed E-state index contributed by atoms with van der Waals surface area (Å²) in [5.41, 5.74) is 1.95. The molecule has 0 aromatic carbocycles. The van der Waals surface area contributed by atoms with Gasteiger partial charge < -0.3 is 19.5 Å². The van der Waals surface area contributed by atoms with E-state index in [9.17, 15) is 27.9 Å². The Morgan fingerprint density at radius 2 is 1.97 bits per heavy atom. The SMILES string of the molecule is CN(CC(F)(F)F)C(=O)OCc1c(-c2ccc(O[C@H]3CCC[C@H](C(=O)O)C3)c(C3CC3)n2)nnn1C. The molecule has 196 valence electrons. The lowest BCUT2D eigenvalue weighted by molar-refractivity contribution is -0.144. The molecule has 10 nitrogen and oxygen atoms in total. The molecule has 2 heterocycles. The predicted molar refractivity (Wildman–Crippen MR) is 119 cm³/mol. The lowest BCUT2D eigenvalue weighted by Crippen LogP contribution is -2.36. The van der Waals surface area contributed by atoms with Gasteiger partial charge >= 0.3 is 18.2 Å². The number of ether oxygens (including phenoxy) is 2. The van der Waals surface area contributed by atoms with Crippen molar-refractivity contribution in [1.82, 2.24) is 24.9 Å². The third kappa shape index (κ3) is 6.24. The van der Waals surface area contributed by atoms with E-state index in [1.165, 1.54) is 4.68 Å². The maximum absolute atomic E-state index is 12.6. The monoisotopic (exact) mass is 511 g/mol. The number of pyridine rings is 1. The minimum absolute atomic E-state index is 0.204. The summed E-state index contributed by atoms with van der Waals surface area (Å²) in [5, 5.41) is 17.4. The molecule has 2 saturated carbocycles. The number of carbonyl (C=O) groups excluding carboxylic acids is 1. The second-order valence-corrected chi connectivity index (χ2v) is 9.33. The van der Waals surface area contributed by atoms with Crippen LogP contribution in [0.2, 0.25) is 0 Å². The number of aryl methyl sites for hydroxylation is 1. The Bertz CT molecular complexity index is 1120. The summed E-state index contributed by atoms with van der Waals surface area (Å²) in [5.74, 6) is -0.393. The Hall–Kier alpha value is -3.38.